The molecule has 0 aliphatic carbocycles. The van der Waals surface area contributed by atoms with Gasteiger partial charge in [0.1, 0.15) is 5.82 Å². The van der Waals surface area contributed by atoms with E-state index in [1.807, 2.05) is 13.8 Å². The first kappa shape index (κ1) is 24.4. The summed E-state index contributed by atoms with van der Waals surface area (Å²) >= 11 is 6.13. The quantitative estimate of drug-likeness (QED) is 0.340. The topological polar surface area (TPSA) is 70.6 Å². The Morgan fingerprint density at radius 3 is 2.48 bits per heavy atom. The van der Waals surface area contributed by atoms with Gasteiger partial charge >= 0.3 is 0 Å². The van der Waals surface area contributed by atoms with Gasteiger partial charge in [-0.1, -0.05) is 38.4 Å². The second kappa shape index (κ2) is 10.5. The number of halogens is 3. The molecular formula is C16H26ClFIN3O2S. The molecule has 1 rings (SSSR count). The standard InChI is InChI=1S/C16H25ClFN3O2S.HI/c1-5-24(22,23)9-8-20-15(19-4)21-11-16(2,3)13-7-6-12(18)10-14(13)17;/h6-7,10H,5,8-9,11H2,1-4H3,(H2,19,20,21);1H. The van der Waals surface area contributed by atoms with E-state index in [1.165, 1.54) is 12.1 Å². The number of hydrogen-bond donors (Lipinski definition) is 2. The highest BCUT2D eigenvalue weighted by atomic mass is 127. The van der Waals surface area contributed by atoms with Gasteiger partial charge in [0.15, 0.2) is 15.8 Å². The van der Waals surface area contributed by atoms with E-state index in [9.17, 15) is 12.8 Å². The number of sulfone groups is 1. The maximum absolute atomic E-state index is 13.2. The van der Waals surface area contributed by atoms with Crippen molar-refractivity contribution in [2.24, 2.45) is 4.99 Å². The Balaban J connectivity index is 0.00000576. The van der Waals surface area contributed by atoms with Crippen LogP contribution in [-0.2, 0) is 15.3 Å². The lowest BCUT2D eigenvalue weighted by Gasteiger charge is -2.27. The first-order valence-electron chi connectivity index (χ1n) is 7.72. The Labute approximate surface area is 171 Å². The summed E-state index contributed by atoms with van der Waals surface area (Å²) in [5.74, 6) is 0.309. The predicted octanol–water partition coefficient (Wildman–Crippen LogP) is 2.97. The van der Waals surface area contributed by atoms with E-state index in [2.05, 4.69) is 15.6 Å². The first-order chi connectivity index (χ1) is 11.1. The van der Waals surface area contributed by atoms with Crippen molar-refractivity contribution in [1.82, 2.24) is 10.6 Å². The fraction of sp³-hybridized carbons (Fsp3) is 0.562. The molecular weight excluding hydrogens is 480 g/mol. The van der Waals surface area contributed by atoms with E-state index in [0.29, 0.717) is 17.5 Å². The molecule has 5 nitrogen and oxygen atoms in total. The molecule has 25 heavy (non-hydrogen) atoms. The molecule has 0 saturated heterocycles. The smallest absolute Gasteiger partial charge is 0.191 e. The van der Waals surface area contributed by atoms with Gasteiger partial charge in [-0.2, -0.15) is 0 Å². The van der Waals surface area contributed by atoms with Crippen molar-refractivity contribution in [3.8, 4) is 0 Å². The number of guanidine groups is 1. The highest BCUT2D eigenvalue weighted by molar-refractivity contribution is 14.0. The summed E-state index contributed by atoms with van der Waals surface area (Å²) in [5, 5.41) is 6.49. The number of benzene rings is 1. The number of hydrogen-bond acceptors (Lipinski definition) is 3. The third-order valence-corrected chi connectivity index (χ3v) is 5.75. The fourth-order valence-corrected chi connectivity index (χ4v) is 3.25. The van der Waals surface area contributed by atoms with Crippen molar-refractivity contribution >= 4 is 51.4 Å². The van der Waals surface area contributed by atoms with Gasteiger partial charge in [0.2, 0.25) is 0 Å². The monoisotopic (exact) mass is 505 g/mol. The molecule has 144 valence electrons. The molecule has 0 fully saturated rings. The molecule has 0 saturated carbocycles. The fourth-order valence-electron chi connectivity index (χ4n) is 2.13. The van der Waals surface area contributed by atoms with Crippen LogP contribution < -0.4 is 10.6 Å². The molecule has 0 aliphatic rings. The van der Waals surface area contributed by atoms with Crippen molar-refractivity contribution in [2.45, 2.75) is 26.2 Å². The van der Waals surface area contributed by atoms with Crippen LogP contribution in [0.25, 0.3) is 0 Å². The third-order valence-electron chi connectivity index (χ3n) is 3.73. The Morgan fingerprint density at radius 1 is 1.32 bits per heavy atom. The van der Waals surface area contributed by atoms with E-state index in [1.54, 1.807) is 20.0 Å². The van der Waals surface area contributed by atoms with Crippen LogP contribution in [0.1, 0.15) is 26.3 Å². The highest BCUT2D eigenvalue weighted by Crippen LogP contribution is 2.29. The van der Waals surface area contributed by atoms with Gasteiger partial charge in [-0.3, -0.25) is 4.99 Å². The molecule has 0 radical (unpaired) electrons. The van der Waals surface area contributed by atoms with Gasteiger partial charge in [0.25, 0.3) is 0 Å². The molecule has 9 heteroatoms. The Morgan fingerprint density at radius 2 is 1.96 bits per heavy atom. The van der Waals surface area contributed by atoms with Crippen molar-refractivity contribution < 1.29 is 12.8 Å². The van der Waals surface area contributed by atoms with Crippen molar-refractivity contribution in [2.75, 3.05) is 31.6 Å². The molecule has 0 aliphatic heterocycles. The second-order valence-electron chi connectivity index (χ2n) is 6.10. The maximum atomic E-state index is 13.2. The summed E-state index contributed by atoms with van der Waals surface area (Å²) < 4.78 is 36.2. The zero-order valence-electron chi connectivity index (χ0n) is 14.9. The highest BCUT2D eigenvalue weighted by Gasteiger charge is 2.24. The first-order valence-corrected chi connectivity index (χ1v) is 9.91. The van der Waals surface area contributed by atoms with Crippen LogP contribution in [-0.4, -0.2) is 46.0 Å². The summed E-state index contributed by atoms with van der Waals surface area (Å²) in [6, 6.07) is 4.34. The van der Waals surface area contributed by atoms with E-state index in [-0.39, 0.29) is 53.3 Å². The molecule has 0 atom stereocenters. The van der Waals surface area contributed by atoms with E-state index in [4.69, 9.17) is 11.6 Å². The molecule has 0 unspecified atom stereocenters. The Hall–Kier alpha value is -0.610. The van der Waals surface area contributed by atoms with Gasteiger partial charge in [0.05, 0.1) is 5.75 Å². The summed E-state index contributed by atoms with van der Waals surface area (Å²) in [5.41, 5.74) is 0.458. The SMILES string of the molecule is CCS(=O)(=O)CCNC(=NC)NCC(C)(C)c1ccc(F)cc1Cl.I. The van der Waals surface area contributed by atoms with Gasteiger partial charge in [-0.25, -0.2) is 12.8 Å². The normalized spacial score (nSPS) is 12.5. The lowest BCUT2D eigenvalue weighted by Crippen LogP contribution is -2.44. The molecule has 2 N–H and O–H groups in total. The van der Waals surface area contributed by atoms with E-state index in [0.717, 1.165) is 5.56 Å². The number of aliphatic imine (C=N–C) groups is 1. The minimum absolute atomic E-state index is 0. The van der Waals surface area contributed by atoms with Crippen LogP contribution in [0.4, 0.5) is 4.39 Å². The molecule has 0 heterocycles. The zero-order chi connectivity index (χ0) is 18.4. The minimum Gasteiger partial charge on any atom is -0.356 e. The molecule has 0 bridgehead atoms. The molecule has 1 aromatic rings. The molecule has 1 aromatic carbocycles. The summed E-state index contributed by atoms with van der Waals surface area (Å²) in [7, 11) is -1.41. The average molecular weight is 506 g/mol. The van der Waals surface area contributed by atoms with Crippen LogP contribution in [0, 0.1) is 5.82 Å². The Bertz CT molecular complexity index is 697. The van der Waals surface area contributed by atoms with Crippen LogP contribution in [0.15, 0.2) is 23.2 Å². The Kier molecular flexibility index (Phi) is 10.3. The minimum atomic E-state index is -3.02. The second-order valence-corrected chi connectivity index (χ2v) is 8.98. The van der Waals surface area contributed by atoms with Gasteiger partial charge < -0.3 is 10.6 Å². The van der Waals surface area contributed by atoms with E-state index < -0.39 is 9.84 Å². The number of nitrogens with one attached hydrogen (secondary N) is 2. The molecule has 0 amide bonds. The molecule has 0 spiro atoms. The zero-order valence-corrected chi connectivity index (χ0v) is 18.8. The maximum Gasteiger partial charge on any atom is 0.191 e. The van der Waals surface area contributed by atoms with Gasteiger partial charge in [-0.15, -0.1) is 24.0 Å². The van der Waals surface area contributed by atoms with Crippen molar-refractivity contribution in [1.29, 1.82) is 0 Å². The van der Waals surface area contributed by atoms with E-state index >= 15 is 0 Å². The van der Waals surface area contributed by atoms with Crippen molar-refractivity contribution in [3.05, 3.63) is 34.6 Å². The van der Waals surface area contributed by atoms with Crippen LogP contribution in [0.5, 0.6) is 0 Å². The molecule has 0 aromatic heterocycles. The van der Waals surface area contributed by atoms with Crippen LogP contribution in [0.2, 0.25) is 5.02 Å². The van der Waals surface area contributed by atoms with Crippen molar-refractivity contribution in [3.63, 3.8) is 0 Å². The van der Waals surface area contributed by atoms with Crippen LogP contribution >= 0.6 is 35.6 Å². The largest absolute Gasteiger partial charge is 0.356 e. The lowest BCUT2D eigenvalue weighted by molar-refractivity contribution is 0.507. The number of nitrogens with zero attached hydrogens (tertiary/aromatic N) is 1. The number of rotatable bonds is 7. The van der Waals surface area contributed by atoms with Gasteiger partial charge in [-0.05, 0) is 17.7 Å². The summed E-state index contributed by atoms with van der Waals surface area (Å²) in [4.78, 5) is 4.07. The lowest BCUT2D eigenvalue weighted by atomic mass is 9.84. The summed E-state index contributed by atoms with van der Waals surface area (Å²) in [6.45, 7) is 6.37. The average Bonchev–Trinajstić information content (AvgIpc) is 2.50. The third kappa shape index (κ3) is 8.08. The van der Waals surface area contributed by atoms with Crippen LogP contribution in [0.3, 0.4) is 0 Å². The predicted molar refractivity (Wildman–Crippen MR) is 114 cm³/mol. The van der Waals surface area contributed by atoms with Gasteiger partial charge in [0, 0.05) is 36.3 Å². The summed E-state index contributed by atoms with van der Waals surface area (Å²) in [6.07, 6.45) is 0.